The Morgan fingerprint density at radius 3 is 2.14 bits per heavy atom. The maximum Gasteiger partial charge on any atom is 0.264 e. The Morgan fingerprint density at radius 2 is 1.48 bits per heavy atom. The number of ether oxygens (including phenoxy) is 4. The quantitative estimate of drug-likeness (QED) is 0.0446. The van der Waals surface area contributed by atoms with Crippen molar-refractivity contribution in [2.45, 2.75) is 64.5 Å². The van der Waals surface area contributed by atoms with Crippen molar-refractivity contribution in [3.05, 3.63) is 75.3 Å². The standard InChI is InChI=1S/C49H61N11O11/c1-31-36-29-53-49(56-44(36)59(33-6-3-4-7-33)47(66)42(31)32(2)61)54-39-12-10-34(28-52-39)58-18-16-57(17-19-58)30-41(63)51-15-21-69-23-25-71-27-26-70-24-22-68-20-14-50-37-9-5-8-35-43(37)48(67)60(46(35)65)38-11-13-40(62)55-45(38)64/h5,8-10,12,28-29,33,38,50H,3-4,6-7,11,13-27,30H2,1-2H3,(H,51,63)(H,55,62,64)(H,52,53,54,56). The van der Waals surface area contributed by atoms with E-state index in [1.165, 1.54) is 6.92 Å². The van der Waals surface area contributed by atoms with E-state index in [0.29, 0.717) is 107 Å². The molecule has 1 aliphatic carbocycles. The number of hydrogen-bond acceptors (Lipinski definition) is 18. The largest absolute Gasteiger partial charge is 0.382 e. The predicted octanol–water partition coefficient (Wildman–Crippen LogP) is 2.37. The van der Waals surface area contributed by atoms with Gasteiger partial charge >= 0.3 is 0 Å². The monoisotopic (exact) mass is 979 g/mol. The number of fused-ring (bicyclic) bond motifs is 2. The second-order valence-electron chi connectivity index (χ2n) is 17.8. The van der Waals surface area contributed by atoms with Crippen LogP contribution in [0.25, 0.3) is 11.0 Å². The molecular weight excluding hydrogens is 919 g/mol. The fourth-order valence-electron chi connectivity index (χ4n) is 9.44. The first-order valence-electron chi connectivity index (χ1n) is 24.3. The third-order valence-electron chi connectivity index (χ3n) is 13.1. The number of anilines is 4. The van der Waals surface area contributed by atoms with Crippen LogP contribution in [0.15, 0.2) is 47.5 Å². The SMILES string of the molecule is CC(=O)c1c(C)c2cnc(Nc3ccc(N4CCN(CC(=O)NCCOCCOCCOCCOCCNc5cccc6c5C(=O)N(C5CCC(=O)NC5=O)C6=O)CC4)cn3)nc2n(C2CCCC2)c1=O. The Balaban J connectivity index is 0.637. The molecule has 4 aliphatic rings. The second-order valence-corrected chi connectivity index (χ2v) is 17.8. The Bertz CT molecular complexity index is 2670. The summed E-state index contributed by atoms with van der Waals surface area (Å²) in [6.45, 7) is 10.1. The summed E-state index contributed by atoms with van der Waals surface area (Å²) < 4.78 is 24.0. The van der Waals surface area contributed by atoms with Crippen molar-refractivity contribution < 1.29 is 47.7 Å². The number of aryl methyl sites for hydroxylation is 1. The molecule has 8 rings (SSSR count). The van der Waals surface area contributed by atoms with E-state index in [0.717, 1.165) is 62.4 Å². The van der Waals surface area contributed by atoms with Gasteiger partial charge in [-0.05, 0) is 62.9 Å². The van der Waals surface area contributed by atoms with Gasteiger partial charge in [-0.15, -0.1) is 0 Å². The molecule has 22 nitrogen and oxygen atoms in total. The first-order valence-corrected chi connectivity index (χ1v) is 24.3. The number of pyridine rings is 2. The highest BCUT2D eigenvalue weighted by Gasteiger charge is 2.45. The average molecular weight is 980 g/mol. The van der Waals surface area contributed by atoms with Gasteiger partial charge in [0.2, 0.25) is 23.7 Å². The van der Waals surface area contributed by atoms with E-state index < -0.39 is 29.7 Å². The molecule has 2 saturated heterocycles. The van der Waals surface area contributed by atoms with Gasteiger partial charge in [0, 0.05) is 69.0 Å². The highest BCUT2D eigenvalue weighted by Crippen LogP contribution is 2.34. The van der Waals surface area contributed by atoms with Crippen LogP contribution in [0, 0.1) is 6.92 Å². The minimum absolute atomic E-state index is 0.00961. The lowest BCUT2D eigenvalue weighted by atomic mass is 10.0. The van der Waals surface area contributed by atoms with E-state index in [2.05, 4.69) is 41.0 Å². The Labute approximate surface area is 410 Å². The van der Waals surface area contributed by atoms with Gasteiger partial charge in [0.05, 0.1) is 88.0 Å². The van der Waals surface area contributed by atoms with Crippen LogP contribution in [-0.4, -0.2) is 169 Å². The summed E-state index contributed by atoms with van der Waals surface area (Å²) in [4.78, 5) is 108. The maximum atomic E-state index is 13.6. The average Bonchev–Trinajstić information content (AvgIpc) is 3.98. The first-order chi connectivity index (χ1) is 34.5. The first kappa shape index (κ1) is 50.7. The molecule has 3 aromatic heterocycles. The number of piperidine rings is 1. The summed E-state index contributed by atoms with van der Waals surface area (Å²) in [6, 6.07) is 7.70. The van der Waals surface area contributed by atoms with Gasteiger partial charge < -0.3 is 39.8 Å². The minimum atomic E-state index is -1.03. The molecule has 4 aromatic rings. The fraction of sp³-hybridized carbons (Fsp3) is 0.510. The number of nitrogens with one attached hydrogen (secondary N) is 4. The Morgan fingerprint density at radius 1 is 0.789 bits per heavy atom. The number of rotatable bonds is 24. The van der Waals surface area contributed by atoms with Crippen LogP contribution in [-0.2, 0) is 33.3 Å². The van der Waals surface area contributed by atoms with Gasteiger partial charge in [0.25, 0.3) is 17.4 Å². The molecule has 22 heteroatoms. The topological polar surface area (TPSA) is 258 Å². The van der Waals surface area contributed by atoms with Gasteiger partial charge in [0.1, 0.15) is 17.5 Å². The number of hydrogen-bond donors (Lipinski definition) is 4. The summed E-state index contributed by atoms with van der Waals surface area (Å²) >= 11 is 0. The lowest BCUT2D eigenvalue weighted by molar-refractivity contribution is -0.136. The summed E-state index contributed by atoms with van der Waals surface area (Å²) in [7, 11) is 0. The zero-order valence-electron chi connectivity index (χ0n) is 40.2. The number of piperazine rings is 1. The van der Waals surface area contributed by atoms with Gasteiger partial charge in [-0.2, -0.15) is 4.98 Å². The molecule has 1 aromatic carbocycles. The van der Waals surface area contributed by atoms with Gasteiger partial charge in [0.15, 0.2) is 5.78 Å². The normalized spacial score (nSPS) is 17.5. The highest BCUT2D eigenvalue weighted by molar-refractivity contribution is 6.25. The summed E-state index contributed by atoms with van der Waals surface area (Å²) in [5, 5.41) is 12.1. The zero-order chi connectivity index (χ0) is 49.9. The molecule has 3 fully saturated rings. The summed E-state index contributed by atoms with van der Waals surface area (Å²) in [6.07, 6.45) is 7.39. The molecule has 71 heavy (non-hydrogen) atoms. The molecule has 378 valence electrons. The third kappa shape index (κ3) is 12.2. The molecule has 1 atom stereocenters. The zero-order valence-corrected chi connectivity index (χ0v) is 40.2. The van der Waals surface area contributed by atoms with Crippen molar-refractivity contribution >= 4 is 69.5 Å². The number of benzene rings is 1. The smallest absolute Gasteiger partial charge is 0.264 e. The van der Waals surface area contributed by atoms with Crippen molar-refractivity contribution in [2.24, 2.45) is 0 Å². The van der Waals surface area contributed by atoms with Gasteiger partial charge in [-0.25, -0.2) is 9.97 Å². The molecule has 4 N–H and O–H groups in total. The van der Waals surface area contributed by atoms with Crippen LogP contribution in [0.1, 0.15) is 88.1 Å². The summed E-state index contributed by atoms with van der Waals surface area (Å²) in [5.74, 6) is -1.66. The molecule has 1 unspecified atom stereocenters. The number of amides is 5. The van der Waals surface area contributed by atoms with E-state index in [9.17, 15) is 33.6 Å². The molecule has 1 saturated carbocycles. The summed E-state index contributed by atoms with van der Waals surface area (Å²) in [5.41, 5.74) is 2.85. The highest BCUT2D eigenvalue weighted by atomic mass is 16.6. The number of ketones is 1. The lowest BCUT2D eigenvalue weighted by Crippen LogP contribution is -2.54. The molecule has 0 bridgehead atoms. The molecule has 0 spiro atoms. The van der Waals surface area contributed by atoms with Crippen LogP contribution in [0.3, 0.4) is 0 Å². The van der Waals surface area contributed by atoms with Crippen molar-refractivity contribution in [3.63, 3.8) is 0 Å². The predicted molar refractivity (Wildman–Crippen MR) is 260 cm³/mol. The van der Waals surface area contributed by atoms with Crippen LogP contribution < -0.4 is 31.7 Å². The van der Waals surface area contributed by atoms with Crippen LogP contribution >= 0.6 is 0 Å². The fourth-order valence-corrected chi connectivity index (χ4v) is 9.44. The number of nitrogens with zero attached hydrogens (tertiary/aromatic N) is 7. The number of imide groups is 2. The van der Waals surface area contributed by atoms with E-state index in [1.54, 1.807) is 42.1 Å². The number of carbonyl (C=O) groups excluding carboxylic acids is 6. The molecule has 3 aliphatic heterocycles. The van der Waals surface area contributed by atoms with Gasteiger partial charge in [-0.1, -0.05) is 18.9 Å². The van der Waals surface area contributed by atoms with Crippen LogP contribution in [0.4, 0.5) is 23.1 Å². The van der Waals surface area contributed by atoms with Crippen molar-refractivity contribution in [1.29, 1.82) is 0 Å². The van der Waals surface area contributed by atoms with E-state index in [4.69, 9.17) is 23.9 Å². The van der Waals surface area contributed by atoms with E-state index in [1.807, 2.05) is 12.1 Å². The molecular formula is C49H61N11O11. The number of aromatic nitrogens is 4. The minimum Gasteiger partial charge on any atom is -0.382 e. The number of Topliss-reactive ketones (excluding diaryl/α,β-unsaturated/α-hetero) is 1. The van der Waals surface area contributed by atoms with Crippen LogP contribution in [0.5, 0.6) is 0 Å². The van der Waals surface area contributed by atoms with E-state index >= 15 is 0 Å². The van der Waals surface area contributed by atoms with E-state index in [-0.39, 0.29) is 52.8 Å². The maximum absolute atomic E-state index is 13.6. The van der Waals surface area contributed by atoms with Crippen LogP contribution in [0.2, 0.25) is 0 Å². The second kappa shape index (κ2) is 23.9. The Kier molecular flexibility index (Phi) is 17.1. The van der Waals surface area contributed by atoms with Gasteiger partial charge in [-0.3, -0.25) is 53.2 Å². The Hall–Kier alpha value is -6.72. The lowest BCUT2D eigenvalue weighted by Gasteiger charge is -2.35. The van der Waals surface area contributed by atoms with Crippen molar-refractivity contribution in [2.75, 3.05) is 114 Å². The molecule has 0 radical (unpaired) electrons. The third-order valence-corrected chi connectivity index (χ3v) is 13.1. The molecule has 5 amide bonds. The number of carbonyl (C=O) groups is 6. The van der Waals surface area contributed by atoms with Crippen molar-refractivity contribution in [3.8, 4) is 0 Å². The molecule has 6 heterocycles. The van der Waals surface area contributed by atoms with Crippen molar-refractivity contribution in [1.82, 2.24) is 40.0 Å².